The van der Waals surface area contributed by atoms with Crippen LogP contribution in [0.25, 0.3) is 0 Å². The predicted octanol–water partition coefficient (Wildman–Crippen LogP) is 1.34. The molecule has 1 fully saturated rings. The minimum Gasteiger partial charge on any atom is -0.372 e. The Morgan fingerprint density at radius 3 is 2.85 bits per heavy atom. The first kappa shape index (κ1) is 8.29. The van der Waals surface area contributed by atoms with Gasteiger partial charge in [0.25, 0.3) is 0 Å². The second-order valence-corrected chi connectivity index (χ2v) is 3.36. The molecule has 0 radical (unpaired) electrons. The Bertz CT molecular complexity index is 283. The standard InChI is InChI=1S/C9H14N4/c1-10-8-5-11-6-9(13-8)12-4-7-2-3-7/h5-7H,2-4H2,1H3,(H2,10,12,13). The normalized spacial score (nSPS) is 15.5. The van der Waals surface area contributed by atoms with E-state index in [1.54, 1.807) is 12.4 Å². The largest absolute Gasteiger partial charge is 0.372 e. The minimum absolute atomic E-state index is 0.806. The fraction of sp³-hybridized carbons (Fsp3) is 0.556. The van der Waals surface area contributed by atoms with Crippen LogP contribution in [0.5, 0.6) is 0 Å². The third-order valence-electron chi connectivity index (χ3n) is 2.16. The Morgan fingerprint density at radius 1 is 1.38 bits per heavy atom. The van der Waals surface area contributed by atoms with Gasteiger partial charge in [-0.05, 0) is 18.8 Å². The van der Waals surface area contributed by atoms with Gasteiger partial charge in [-0.2, -0.15) is 0 Å². The van der Waals surface area contributed by atoms with Gasteiger partial charge in [-0.1, -0.05) is 0 Å². The number of nitrogens with zero attached hydrogens (tertiary/aromatic N) is 2. The molecular weight excluding hydrogens is 164 g/mol. The highest BCUT2D eigenvalue weighted by atomic mass is 15.1. The third kappa shape index (κ3) is 2.31. The molecule has 13 heavy (non-hydrogen) atoms. The zero-order valence-corrected chi connectivity index (χ0v) is 7.75. The first-order valence-electron chi connectivity index (χ1n) is 4.62. The zero-order valence-electron chi connectivity index (χ0n) is 7.75. The summed E-state index contributed by atoms with van der Waals surface area (Å²) in [6.07, 6.45) is 6.17. The van der Waals surface area contributed by atoms with Crippen LogP contribution in [-0.4, -0.2) is 23.6 Å². The van der Waals surface area contributed by atoms with Crippen molar-refractivity contribution in [1.82, 2.24) is 9.97 Å². The van der Waals surface area contributed by atoms with E-state index in [1.807, 2.05) is 7.05 Å². The number of hydrogen-bond donors (Lipinski definition) is 2. The molecule has 0 atom stereocenters. The van der Waals surface area contributed by atoms with Crippen molar-refractivity contribution >= 4 is 11.6 Å². The first-order valence-corrected chi connectivity index (χ1v) is 4.62. The summed E-state index contributed by atoms with van der Waals surface area (Å²) in [5.41, 5.74) is 0. The van der Waals surface area contributed by atoms with Crippen molar-refractivity contribution in [2.75, 3.05) is 24.2 Å². The smallest absolute Gasteiger partial charge is 0.146 e. The molecular formula is C9H14N4. The highest BCUT2D eigenvalue weighted by Gasteiger charge is 2.20. The molecule has 1 saturated carbocycles. The molecule has 1 heterocycles. The van der Waals surface area contributed by atoms with Gasteiger partial charge in [0.15, 0.2) is 0 Å². The lowest BCUT2D eigenvalue weighted by Crippen LogP contribution is -2.06. The van der Waals surface area contributed by atoms with Crippen LogP contribution < -0.4 is 10.6 Å². The Kier molecular flexibility index (Phi) is 2.29. The average Bonchev–Trinajstić information content (AvgIpc) is 2.99. The predicted molar refractivity (Wildman–Crippen MR) is 52.8 cm³/mol. The summed E-state index contributed by atoms with van der Waals surface area (Å²) in [7, 11) is 1.84. The van der Waals surface area contributed by atoms with Crippen LogP contribution in [0.2, 0.25) is 0 Å². The summed E-state index contributed by atoms with van der Waals surface area (Å²) >= 11 is 0. The number of rotatable bonds is 4. The quantitative estimate of drug-likeness (QED) is 0.730. The van der Waals surface area contributed by atoms with Crippen LogP contribution in [0.4, 0.5) is 11.6 Å². The molecule has 1 aliphatic rings. The first-order chi connectivity index (χ1) is 6.38. The second kappa shape index (κ2) is 3.60. The van der Waals surface area contributed by atoms with Gasteiger partial charge in [0.1, 0.15) is 11.6 Å². The Hall–Kier alpha value is -1.32. The maximum atomic E-state index is 4.31. The summed E-state index contributed by atoms with van der Waals surface area (Å²) in [5, 5.41) is 6.22. The molecule has 2 rings (SSSR count). The SMILES string of the molecule is CNc1cncc(NCC2CC2)n1. The van der Waals surface area contributed by atoms with Gasteiger partial charge in [-0.15, -0.1) is 0 Å². The van der Waals surface area contributed by atoms with Gasteiger partial charge in [0.05, 0.1) is 12.4 Å². The van der Waals surface area contributed by atoms with Gasteiger partial charge in [-0.3, -0.25) is 4.98 Å². The number of hydrogen-bond acceptors (Lipinski definition) is 4. The molecule has 70 valence electrons. The fourth-order valence-corrected chi connectivity index (χ4v) is 1.14. The van der Waals surface area contributed by atoms with E-state index >= 15 is 0 Å². The highest BCUT2D eigenvalue weighted by molar-refractivity contribution is 5.40. The van der Waals surface area contributed by atoms with Crippen molar-refractivity contribution < 1.29 is 0 Å². The van der Waals surface area contributed by atoms with E-state index in [-0.39, 0.29) is 0 Å². The van der Waals surface area contributed by atoms with Crippen LogP contribution >= 0.6 is 0 Å². The molecule has 1 aromatic heterocycles. The van der Waals surface area contributed by atoms with Crippen LogP contribution in [0.1, 0.15) is 12.8 Å². The monoisotopic (exact) mass is 178 g/mol. The van der Waals surface area contributed by atoms with Gasteiger partial charge in [0, 0.05) is 13.6 Å². The van der Waals surface area contributed by atoms with Crippen molar-refractivity contribution in [3.05, 3.63) is 12.4 Å². The van der Waals surface area contributed by atoms with Crippen LogP contribution in [-0.2, 0) is 0 Å². The van der Waals surface area contributed by atoms with E-state index in [0.29, 0.717) is 0 Å². The second-order valence-electron chi connectivity index (χ2n) is 3.36. The van der Waals surface area contributed by atoms with E-state index in [9.17, 15) is 0 Å². The van der Waals surface area contributed by atoms with Gasteiger partial charge >= 0.3 is 0 Å². The summed E-state index contributed by atoms with van der Waals surface area (Å²) < 4.78 is 0. The molecule has 0 unspecified atom stereocenters. The molecule has 0 amide bonds. The van der Waals surface area contributed by atoms with Crippen molar-refractivity contribution in [2.24, 2.45) is 5.92 Å². The van der Waals surface area contributed by atoms with Gasteiger partial charge in [0.2, 0.25) is 0 Å². The number of aromatic nitrogens is 2. The van der Waals surface area contributed by atoms with E-state index < -0.39 is 0 Å². The van der Waals surface area contributed by atoms with Crippen LogP contribution in [0.15, 0.2) is 12.4 Å². The van der Waals surface area contributed by atoms with Crippen molar-refractivity contribution in [1.29, 1.82) is 0 Å². The fourth-order valence-electron chi connectivity index (χ4n) is 1.14. The minimum atomic E-state index is 0.806. The van der Waals surface area contributed by atoms with Gasteiger partial charge < -0.3 is 10.6 Å². The molecule has 0 bridgehead atoms. The molecule has 4 heteroatoms. The average molecular weight is 178 g/mol. The maximum absolute atomic E-state index is 4.31. The number of anilines is 2. The van der Waals surface area contributed by atoms with Crippen molar-refractivity contribution in [3.8, 4) is 0 Å². The lowest BCUT2D eigenvalue weighted by Gasteiger charge is -2.04. The molecule has 1 aromatic rings. The molecule has 2 N–H and O–H groups in total. The molecule has 0 spiro atoms. The third-order valence-corrected chi connectivity index (χ3v) is 2.16. The van der Waals surface area contributed by atoms with E-state index in [0.717, 1.165) is 24.1 Å². The lowest BCUT2D eigenvalue weighted by molar-refractivity contribution is 0.881. The van der Waals surface area contributed by atoms with Crippen molar-refractivity contribution in [3.63, 3.8) is 0 Å². The molecule has 4 nitrogen and oxygen atoms in total. The molecule has 0 aliphatic heterocycles. The Labute approximate surface area is 77.8 Å². The highest BCUT2D eigenvalue weighted by Crippen LogP contribution is 2.28. The zero-order chi connectivity index (χ0) is 9.10. The molecule has 0 aromatic carbocycles. The summed E-state index contributed by atoms with van der Waals surface area (Å²) in [5.74, 6) is 2.53. The topological polar surface area (TPSA) is 49.8 Å². The Balaban J connectivity index is 1.93. The molecule has 0 saturated heterocycles. The maximum Gasteiger partial charge on any atom is 0.146 e. The summed E-state index contributed by atoms with van der Waals surface area (Å²) in [4.78, 5) is 8.37. The lowest BCUT2D eigenvalue weighted by atomic mass is 10.4. The van der Waals surface area contributed by atoms with Gasteiger partial charge in [-0.25, -0.2) is 4.98 Å². The van der Waals surface area contributed by atoms with E-state index in [1.165, 1.54) is 12.8 Å². The Morgan fingerprint density at radius 2 is 2.15 bits per heavy atom. The van der Waals surface area contributed by atoms with Crippen LogP contribution in [0.3, 0.4) is 0 Å². The molecule has 1 aliphatic carbocycles. The van der Waals surface area contributed by atoms with Crippen LogP contribution in [0, 0.1) is 5.92 Å². The number of nitrogens with one attached hydrogen (secondary N) is 2. The van der Waals surface area contributed by atoms with E-state index in [4.69, 9.17) is 0 Å². The summed E-state index contributed by atoms with van der Waals surface area (Å²) in [6, 6.07) is 0. The van der Waals surface area contributed by atoms with Crippen molar-refractivity contribution in [2.45, 2.75) is 12.8 Å². The summed E-state index contributed by atoms with van der Waals surface area (Å²) in [6.45, 7) is 1.03. The van der Waals surface area contributed by atoms with E-state index in [2.05, 4.69) is 20.6 Å².